The number of aryl methyl sites for hydroxylation is 1. The Morgan fingerprint density at radius 2 is 2.12 bits per heavy atom. The van der Waals surface area contributed by atoms with Crippen LogP contribution in [0.5, 0.6) is 0 Å². The normalized spacial score (nSPS) is 16.7. The van der Waals surface area contributed by atoms with Crippen molar-refractivity contribution < 1.29 is 14.4 Å². The Hall–Kier alpha value is -2.32. The quantitative estimate of drug-likeness (QED) is 0.794. The van der Waals surface area contributed by atoms with Crippen molar-refractivity contribution in [1.82, 2.24) is 25.7 Å². The molecule has 8 heteroatoms. The van der Waals surface area contributed by atoms with Gasteiger partial charge in [-0.3, -0.25) is 9.63 Å². The van der Waals surface area contributed by atoms with E-state index in [4.69, 9.17) is 9.57 Å². The van der Waals surface area contributed by atoms with E-state index < -0.39 is 6.04 Å². The van der Waals surface area contributed by atoms with Crippen LogP contribution in [0, 0.1) is 6.92 Å². The third-order valence-corrected chi connectivity index (χ3v) is 4.02. The molecule has 1 atom stereocenters. The van der Waals surface area contributed by atoms with Gasteiger partial charge in [0.25, 0.3) is 5.91 Å². The fraction of sp³-hybridized carbons (Fsp3) is 0.500. The molecular weight excluding hydrogens is 310 g/mol. The molecule has 2 heterocycles. The van der Waals surface area contributed by atoms with Crippen molar-refractivity contribution in [2.45, 2.75) is 38.3 Å². The highest BCUT2D eigenvalue weighted by Crippen LogP contribution is 2.16. The fourth-order valence-corrected chi connectivity index (χ4v) is 2.66. The van der Waals surface area contributed by atoms with Crippen LogP contribution in [0.3, 0.4) is 0 Å². The molecule has 8 nitrogen and oxygen atoms in total. The predicted octanol–water partition coefficient (Wildman–Crippen LogP) is 0.992. The highest BCUT2D eigenvalue weighted by atomic mass is 16.7. The molecule has 2 aromatic rings. The van der Waals surface area contributed by atoms with Crippen LogP contribution in [0.2, 0.25) is 0 Å². The number of rotatable bonds is 6. The number of tetrazole rings is 1. The maximum atomic E-state index is 12.7. The molecule has 0 radical (unpaired) electrons. The molecule has 1 aromatic carbocycles. The molecule has 1 aliphatic rings. The Morgan fingerprint density at radius 3 is 2.79 bits per heavy atom. The second-order valence-corrected chi connectivity index (χ2v) is 5.77. The number of ether oxygens (including phenoxy) is 1. The zero-order chi connectivity index (χ0) is 16.8. The van der Waals surface area contributed by atoms with E-state index in [1.807, 2.05) is 30.3 Å². The Bertz CT molecular complexity index is 655. The third-order valence-electron chi connectivity index (χ3n) is 4.02. The highest BCUT2D eigenvalue weighted by molar-refractivity contribution is 5.79. The summed E-state index contributed by atoms with van der Waals surface area (Å²) in [6.45, 7) is 3.07. The topological polar surface area (TPSA) is 91.2 Å². The number of carbonyl (C=O) groups excluding carboxylic acids is 1. The standard InChI is InChI=1S/C16H21N5O3/c1-12-17-19-20-21(12)15(11-13-5-3-2-4-6-13)16(22)18-24-14-7-9-23-10-8-14/h2-6,14-15H,7-11H2,1H3,(H,18,22). The first-order valence-corrected chi connectivity index (χ1v) is 8.05. The van der Waals surface area contributed by atoms with Crippen LogP contribution >= 0.6 is 0 Å². The molecule has 1 saturated heterocycles. The second-order valence-electron chi connectivity index (χ2n) is 5.77. The number of hydrogen-bond donors (Lipinski definition) is 1. The fourth-order valence-electron chi connectivity index (χ4n) is 2.66. The average molecular weight is 331 g/mol. The first kappa shape index (κ1) is 16.5. The van der Waals surface area contributed by atoms with Gasteiger partial charge in [0.1, 0.15) is 11.9 Å². The van der Waals surface area contributed by atoms with E-state index in [2.05, 4.69) is 21.0 Å². The van der Waals surface area contributed by atoms with Gasteiger partial charge in [0.2, 0.25) is 0 Å². The molecule has 1 fully saturated rings. The number of carbonyl (C=O) groups is 1. The first-order valence-electron chi connectivity index (χ1n) is 8.05. The summed E-state index contributed by atoms with van der Waals surface area (Å²) in [4.78, 5) is 18.2. The number of aromatic nitrogens is 4. The van der Waals surface area contributed by atoms with Crippen molar-refractivity contribution in [2.24, 2.45) is 0 Å². The van der Waals surface area contributed by atoms with E-state index in [0.29, 0.717) is 25.5 Å². The van der Waals surface area contributed by atoms with Gasteiger partial charge in [-0.15, -0.1) is 5.10 Å². The summed E-state index contributed by atoms with van der Waals surface area (Å²) < 4.78 is 6.81. The smallest absolute Gasteiger partial charge is 0.268 e. The first-order chi connectivity index (χ1) is 11.7. The molecule has 0 bridgehead atoms. The van der Waals surface area contributed by atoms with Crippen LogP contribution in [0.25, 0.3) is 0 Å². The van der Waals surface area contributed by atoms with Crippen molar-refractivity contribution in [3.8, 4) is 0 Å². The molecule has 0 aliphatic carbocycles. The summed E-state index contributed by atoms with van der Waals surface area (Å²) in [5.74, 6) is 0.317. The summed E-state index contributed by atoms with van der Waals surface area (Å²) in [6, 6.07) is 9.19. The molecule has 1 N–H and O–H groups in total. The van der Waals surface area contributed by atoms with Crippen LogP contribution in [0.4, 0.5) is 0 Å². The zero-order valence-electron chi connectivity index (χ0n) is 13.6. The molecule has 0 spiro atoms. The number of benzene rings is 1. The maximum Gasteiger partial charge on any atom is 0.268 e. The summed E-state index contributed by atoms with van der Waals surface area (Å²) in [5.41, 5.74) is 3.60. The van der Waals surface area contributed by atoms with Gasteiger partial charge in [-0.2, -0.15) is 0 Å². The van der Waals surface area contributed by atoms with Crippen LogP contribution in [0.1, 0.15) is 30.3 Å². The lowest BCUT2D eigenvalue weighted by atomic mass is 10.1. The van der Waals surface area contributed by atoms with E-state index in [-0.39, 0.29) is 12.0 Å². The van der Waals surface area contributed by atoms with E-state index in [0.717, 1.165) is 18.4 Å². The van der Waals surface area contributed by atoms with Gasteiger partial charge < -0.3 is 4.74 Å². The van der Waals surface area contributed by atoms with Crippen LogP contribution < -0.4 is 5.48 Å². The highest BCUT2D eigenvalue weighted by Gasteiger charge is 2.26. The van der Waals surface area contributed by atoms with E-state index in [1.165, 1.54) is 4.68 Å². The molecule has 1 aromatic heterocycles. The van der Waals surface area contributed by atoms with Gasteiger partial charge in [-0.25, -0.2) is 10.2 Å². The Balaban J connectivity index is 1.69. The minimum atomic E-state index is -0.567. The number of nitrogens with zero attached hydrogens (tertiary/aromatic N) is 4. The summed E-state index contributed by atoms with van der Waals surface area (Å²) in [5, 5.41) is 11.5. The second kappa shape index (κ2) is 7.98. The van der Waals surface area contributed by atoms with Gasteiger partial charge in [-0.1, -0.05) is 30.3 Å². The van der Waals surface area contributed by atoms with Crippen molar-refractivity contribution in [1.29, 1.82) is 0 Å². The van der Waals surface area contributed by atoms with E-state index >= 15 is 0 Å². The molecule has 0 saturated carbocycles. The third kappa shape index (κ3) is 4.15. The predicted molar refractivity (Wildman–Crippen MR) is 84.8 cm³/mol. The lowest BCUT2D eigenvalue weighted by Crippen LogP contribution is -2.38. The molecule has 1 amide bonds. The minimum Gasteiger partial charge on any atom is -0.381 e. The number of hydroxylamine groups is 1. The van der Waals surface area contributed by atoms with E-state index in [9.17, 15) is 4.79 Å². The molecule has 3 rings (SSSR count). The Kier molecular flexibility index (Phi) is 5.50. The lowest BCUT2D eigenvalue weighted by molar-refractivity contribution is -0.147. The van der Waals surface area contributed by atoms with Gasteiger partial charge in [0.05, 0.1) is 6.10 Å². The van der Waals surface area contributed by atoms with Crippen LogP contribution in [0.15, 0.2) is 30.3 Å². The molecule has 128 valence electrons. The lowest BCUT2D eigenvalue weighted by Gasteiger charge is -2.23. The van der Waals surface area contributed by atoms with Crippen molar-refractivity contribution in [3.63, 3.8) is 0 Å². The molecular formula is C16H21N5O3. The summed E-state index contributed by atoms with van der Waals surface area (Å²) in [7, 11) is 0. The maximum absolute atomic E-state index is 12.7. The number of amides is 1. The van der Waals surface area contributed by atoms with Crippen molar-refractivity contribution >= 4 is 5.91 Å². The van der Waals surface area contributed by atoms with Crippen molar-refractivity contribution in [2.75, 3.05) is 13.2 Å². The minimum absolute atomic E-state index is 0.0185. The van der Waals surface area contributed by atoms with Gasteiger partial charge in [-0.05, 0) is 35.8 Å². The SMILES string of the molecule is Cc1nnnn1C(Cc1ccccc1)C(=O)NOC1CCOCC1. The largest absolute Gasteiger partial charge is 0.381 e. The Labute approximate surface area is 140 Å². The van der Waals surface area contributed by atoms with Gasteiger partial charge in [0, 0.05) is 19.6 Å². The van der Waals surface area contributed by atoms with Crippen LogP contribution in [-0.2, 0) is 20.8 Å². The Morgan fingerprint density at radius 1 is 1.38 bits per heavy atom. The summed E-state index contributed by atoms with van der Waals surface area (Å²) in [6.07, 6.45) is 2.01. The average Bonchev–Trinajstić information content (AvgIpc) is 3.05. The molecule has 1 aliphatic heterocycles. The van der Waals surface area contributed by atoms with Crippen molar-refractivity contribution in [3.05, 3.63) is 41.7 Å². The van der Waals surface area contributed by atoms with Gasteiger partial charge >= 0.3 is 0 Å². The van der Waals surface area contributed by atoms with E-state index in [1.54, 1.807) is 6.92 Å². The van der Waals surface area contributed by atoms with Gasteiger partial charge in [0.15, 0.2) is 0 Å². The number of nitrogens with one attached hydrogen (secondary N) is 1. The molecule has 1 unspecified atom stereocenters. The molecule has 24 heavy (non-hydrogen) atoms. The zero-order valence-corrected chi connectivity index (χ0v) is 13.6. The monoisotopic (exact) mass is 331 g/mol. The van der Waals surface area contributed by atoms with Crippen LogP contribution in [-0.4, -0.2) is 45.4 Å². The summed E-state index contributed by atoms with van der Waals surface area (Å²) >= 11 is 0. The number of hydrogen-bond acceptors (Lipinski definition) is 6.